The summed E-state index contributed by atoms with van der Waals surface area (Å²) in [6.07, 6.45) is -2.31. The number of carboxylic acids is 1. The highest BCUT2D eigenvalue weighted by Crippen LogP contribution is 2.41. The Morgan fingerprint density at radius 2 is 1.97 bits per heavy atom. The molecule has 3 heterocycles. The summed E-state index contributed by atoms with van der Waals surface area (Å²) in [4.78, 5) is 29.6. The van der Waals surface area contributed by atoms with Crippen molar-refractivity contribution in [3.8, 4) is 17.1 Å². The second-order valence-electron chi connectivity index (χ2n) is 10.5. The van der Waals surface area contributed by atoms with Crippen LogP contribution >= 0.6 is 0 Å². The molecule has 0 spiro atoms. The number of pyridine rings is 1. The number of hydrogen-bond donors (Lipinski definition) is 1. The van der Waals surface area contributed by atoms with Crippen molar-refractivity contribution < 1.29 is 37.3 Å². The SMILES string of the molecule is CC1CCC(N2CC(c3c(-c4ccc(O[C@H]5CCC[C@H](C(=O)O)C5)c(C(F)(F)F)n4)nnn3C)OC2=O)C1. The van der Waals surface area contributed by atoms with Crippen molar-refractivity contribution in [1.82, 2.24) is 24.9 Å². The van der Waals surface area contributed by atoms with Crippen LogP contribution in [-0.2, 0) is 22.8 Å². The molecule has 0 aromatic carbocycles. The third-order valence-electron chi connectivity index (χ3n) is 7.76. The second kappa shape index (κ2) is 10.1. The summed E-state index contributed by atoms with van der Waals surface area (Å²) in [5.41, 5.74) is -0.858. The van der Waals surface area contributed by atoms with E-state index in [9.17, 15) is 27.9 Å². The number of carbonyl (C=O) groups is 2. The minimum absolute atomic E-state index is 0.0686. The van der Waals surface area contributed by atoms with Crippen LogP contribution in [0.1, 0.15) is 69.4 Å². The van der Waals surface area contributed by atoms with Gasteiger partial charge in [-0.1, -0.05) is 12.1 Å². The van der Waals surface area contributed by atoms with Crippen molar-refractivity contribution >= 4 is 12.1 Å². The minimum Gasteiger partial charge on any atom is -0.488 e. The average molecular weight is 538 g/mol. The first-order valence-corrected chi connectivity index (χ1v) is 12.9. The Labute approximate surface area is 217 Å². The van der Waals surface area contributed by atoms with Gasteiger partial charge in [0.2, 0.25) is 0 Å². The molecule has 0 bridgehead atoms. The molecule has 206 valence electrons. The van der Waals surface area contributed by atoms with Crippen molar-refractivity contribution in [1.29, 1.82) is 0 Å². The van der Waals surface area contributed by atoms with Gasteiger partial charge in [-0.2, -0.15) is 13.2 Å². The number of cyclic esters (lactones) is 1. The number of aliphatic carboxylic acids is 1. The molecule has 2 aromatic rings. The van der Waals surface area contributed by atoms with Crippen LogP contribution in [0.2, 0.25) is 0 Å². The Kier molecular flexibility index (Phi) is 6.95. The number of aromatic nitrogens is 4. The molecule has 1 amide bonds. The first-order valence-electron chi connectivity index (χ1n) is 12.9. The lowest BCUT2D eigenvalue weighted by Gasteiger charge is -2.28. The highest BCUT2D eigenvalue weighted by Gasteiger charge is 2.43. The fourth-order valence-corrected chi connectivity index (χ4v) is 5.82. The number of halogens is 3. The fourth-order valence-electron chi connectivity index (χ4n) is 5.82. The number of amides is 1. The van der Waals surface area contributed by atoms with Gasteiger partial charge in [-0.25, -0.2) is 14.5 Å². The Morgan fingerprint density at radius 1 is 1.18 bits per heavy atom. The van der Waals surface area contributed by atoms with Crippen molar-refractivity contribution in [3.05, 3.63) is 23.5 Å². The molecule has 3 aliphatic rings. The normalized spacial score (nSPS) is 28.0. The number of ether oxygens (including phenoxy) is 2. The van der Waals surface area contributed by atoms with Gasteiger partial charge in [-0.3, -0.25) is 4.79 Å². The lowest BCUT2D eigenvalue weighted by molar-refractivity contribution is -0.146. The molecule has 1 N–H and O–H groups in total. The maximum absolute atomic E-state index is 14.1. The molecule has 3 fully saturated rings. The molecule has 38 heavy (non-hydrogen) atoms. The molecule has 2 saturated carbocycles. The Balaban J connectivity index is 1.42. The molecule has 5 rings (SSSR count). The zero-order valence-corrected chi connectivity index (χ0v) is 21.1. The summed E-state index contributed by atoms with van der Waals surface area (Å²) in [5.74, 6) is -1.59. The summed E-state index contributed by atoms with van der Waals surface area (Å²) in [5, 5.41) is 17.3. The minimum atomic E-state index is -4.83. The maximum Gasteiger partial charge on any atom is 0.437 e. The van der Waals surface area contributed by atoms with Gasteiger partial charge < -0.3 is 19.5 Å². The highest BCUT2D eigenvalue weighted by molar-refractivity contribution is 5.72. The summed E-state index contributed by atoms with van der Waals surface area (Å²) >= 11 is 0. The van der Waals surface area contributed by atoms with Crippen LogP contribution < -0.4 is 4.74 Å². The van der Waals surface area contributed by atoms with E-state index < -0.39 is 47.8 Å². The third kappa shape index (κ3) is 5.14. The van der Waals surface area contributed by atoms with E-state index in [1.807, 2.05) is 0 Å². The topological polar surface area (TPSA) is 120 Å². The van der Waals surface area contributed by atoms with E-state index in [1.54, 1.807) is 11.9 Å². The number of aryl methyl sites for hydroxylation is 1. The van der Waals surface area contributed by atoms with Crippen molar-refractivity contribution in [2.24, 2.45) is 18.9 Å². The summed E-state index contributed by atoms with van der Waals surface area (Å²) in [7, 11) is 1.59. The fraction of sp³-hybridized carbons (Fsp3) is 0.640. The van der Waals surface area contributed by atoms with E-state index in [4.69, 9.17) is 9.47 Å². The zero-order chi connectivity index (χ0) is 27.2. The number of alkyl halides is 3. The summed E-state index contributed by atoms with van der Waals surface area (Å²) < 4.78 is 54.9. The van der Waals surface area contributed by atoms with Crippen molar-refractivity contribution in [3.63, 3.8) is 0 Å². The third-order valence-corrected chi connectivity index (χ3v) is 7.76. The molecule has 3 unspecified atom stereocenters. The highest BCUT2D eigenvalue weighted by atomic mass is 19.4. The Morgan fingerprint density at radius 3 is 2.66 bits per heavy atom. The van der Waals surface area contributed by atoms with E-state index in [0.29, 0.717) is 30.9 Å². The number of rotatable bonds is 6. The molecule has 1 saturated heterocycles. The Bertz CT molecular complexity index is 1220. The lowest BCUT2D eigenvalue weighted by atomic mass is 9.87. The van der Waals surface area contributed by atoms with Crippen LogP contribution in [0.25, 0.3) is 11.4 Å². The van der Waals surface area contributed by atoms with Crippen molar-refractivity contribution in [2.75, 3.05) is 6.54 Å². The molecule has 5 atom stereocenters. The molecule has 2 aromatic heterocycles. The van der Waals surface area contributed by atoms with Crippen LogP contribution in [0, 0.1) is 11.8 Å². The van der Waals surface area contributed by atoms with E-state index in [0.717, 1.165) is 19.3 Å². The number of carboxylic acid groups (broad SMARTS) is 1. The first kappa shape index (κ1) is 26.2. The molecule has 1 aliphatic heterocycles. The number of nitrogens with zero attached hydrogens (tertiary/aromatic N) is 5. The zero-order valence-electron chi connectivity index (χ0n) is 21.1. The monoisotopic (exact) mass is 537 g/mol. The van der Waals surface area contributed by atoms with Crippen LogP contribution in [0.5, 0.6) is 5.75 Å². The van der Waals surface area contributed by atoms with Gasteiger partial charge in [0, 0.05) is 13.1 Å². The molecule has 2 aliphatic carbocycles. The molecule has 10 nitrogen and oxygen atoms in total. The van der Waals surface area contributed by atoms with Crippen LogP contribution in [0.3, 0.4) is 0 Å². The van der Waals surface area contributed by atoms with Gasteiger partial charge in [0.1, 0.15) is 11.4 Å². The number of hydrogen-bond acceptors (Lipinski definition) is 7. The Hall–Kier alpha value is -3.38. The lowest BCUT2D eigenvalue weighted by Crippen LogP contribution is -2.34. The maximum atomic E-state index is 14.1. The summed E-state index contributed by atoms with van der Waals surface area (Å²) in [6, 6.07) is 2.61. The first-order chi connectivity index (χ1) is 18.0. The van der Waals surface area contributed by atoms with Crippen molar-refractivity contribution in [2.45, 2.75) is 76.3 Å². The predicted octanol–water partition coefficient (Wildman–Crippen LogP) is 4.60. The van der Waals surface area contributed by atoms with Gasteiger partial charge >= 0.3 is 18.2 Å². The predicted molar refractivity (Wildman–Crippen MR) is 126 cm³/mol. The number of carbonyl (C=O) groups excluding carboxylic acids is 1. The van der Waals surface area contributed by atoms with Gasteiger partial charge in [0.25, 0.3) is 0 Å². The van der Waals surface area contributed by atoms with Gasteiger partial charge in [-0.15, -0.1) is 5.10 Å². The van der Waals surface area contributed by atoms with Gasteiger partial charge in [0.05, 0.1) is 24.3 Å². The largest absolute Gasteiger partial charge is 0.488 e. The van der Waals surface area contributed by atoms with Crippen LogP contribution in [0.4, 0.5) is 18.0 Å². The van der Waals surface area contributed by atoms with E-state index in [1.165, 1.54) is 16.8 Å². The standard InChI is InChI=1S/C25H30F3N5O5/c1-13-6-7-15(10-13)33-12-19(38-24(33)36)21-20(30-31-32(21)2)17-8-9-18(22(29-17)25(26,27)28)37-16-5-3-4-14(11-16)23(34)35/h8-9,13-16,19H,3-7,10-12H2,1-2H3,(H,34,35)/t13?,14-,15?,16-,19?/m0/s1. The molecular weight excluding hydrogens is 507 g/mol. The molecular formula is C25H30F3N5O5. The van der Waals surface area contributed by atoms with Crippen LogP contribution in [0.15, 0.2) is 12.1 Å². The van der Waals surface area contributed by atoms with Crippen LogP contribution in [-0.4, -0.2) is 60.7 Å². The smallest absolute Gasteiger partial charge is 0.437 e. The average Bonchev–Trinajstić information content (AvgIpc) is 3.56. The van der Waals surface area contributed by atoms with Gasteiger partial charge in [0.15, 0.2) is 17.5 Å². The molecule has 0 radical (unpaired) electrons. The van der Waals surface area contributed by atoms with E-state index in [2.05, 4.69) is 22.2 Å². The molecule has 13 heteroatoms. The van der Waals surface area contributed by atoms with Gasteiger partial charge in [-0.05, 0) is 63.0 Å². The quantitative estimate of drug-likeness (QED) is 0.568. The second-order valence-corrected chi connectivity index (χ2v) is 10.5. The van der Waals surface area contributed by atoms with E-state index in [-0.39, 0.29) is 30.4 Å². The van der Waals surface area contributed by atoms with E-state index >= 15 is 0 Å². The summed E-state index contributed by atoms with van der Waals surface area (Å²) in [6.45, 7) is 2.39.